The van der Waals surface area contributed by atoms with Gasteiger partial charge in [0.15, 0.2) is 6.61 Å². The maximum atomic E-state index is 12.4. The molecule has 0 saturated carbocycles. The number of carbonyl (C=O) groups excluding carboxylic acids is 3. The second kappa shape index (κ2) is 10.8. The van der Waals surface area contributed by atoms with Gasteiger partial charge in [0.25, 0.3) is 5.91 Å². The number of methoxy groups -OCH3 is 2. The fraction of sp³-hybridized carbons (Fsp3) is 0.160. The molecule has 0 radical (unpaired) electrons. The molecule has 0 aliphatic rings. The summed E-state index contributed by atoms with van der Waals surface area (Å²) in [5.41, 5.74) is 2.67. The third kappa shape index (κ3) is 5.72. The first-order valence-corrected chi connectivity index (χ1v) is 9.86. The molecule has 7 heteroatoms. The molecule has 32 heavy (non-hydrogen) atoms. The van der Waals surface area contributed by atoms with Gasteiger partial charge in [-0.05, 0) is 41.5 Å². The molecule has 3 aromatic rings. The van der Waals surface area contributed by atoms with E-state index in [1.165, 1.54) is 20.3 Å². The van der Waals surface area contributed by atoms with E-state index >= 15 is 0 Å². The van der Waals surface area contributed by atoms with Crippen LogP contribution in [0, 0.1) is 0 Å². The molecule has 0 atom stereocenters. The van der Waals surface area contributed by atoms with E-state index < -0.39 is 24.3 Å². The minimum absolute atomic E-state index is 0.238. The van der Waals surface area contributed by atoms with E-state index in [1.807, 2.05) is 42.5 Å². The summed E-state index contributed by atoms with van der Waals surface area (Å²) in [4.78, 5) is 36.7. The summed E-state index contributed by atoms with van der Waals surface area (Å²) in [6, 6.07) is 21.6. The fourth-order valence-corrected chi connectivity index (χ4v) is 3.01. The van der Waals surface area contributed by atoms with Crippen molar-refractivity contribution in [3.05, 3.63) is 83.9 Å². The molecule has 0 saturated heterocycles. The van der Waals surface area contributed by atoms with Gasteiger partial charge in [-0.25, -0.2) is 0 Å². The van der Waals surface area contributed by atoms with E-state index in [1.54, 1.807) is 24.3 Å². The Morgan fingerprint density at radius 1 is 0.812 bits per heavy atom. The van der Waals surface area contributed by atoms with Crippen molar-refractivity contribution in [2.45, 2.75) is 0 Å². The van der Waals surface area contributed by atoms with Crippen molar-refractivity contribution in [2.24, 2.45) is 0 Å². The van der Waals surface area contributed by atoms with Gasteiger partial charge in [-0.1, -0.05) is 42.5 Å². The van der Waals surface area contributed by atoms with Crippen LogP contribution in [-0.4, -0.2) is 45.0 Å². The van der Waals surface area contributed by atoms with Gasteiger partial charge in [-0.2, -0.15) is 0 Å². The van der Waals surface area contributed by atoms with Gasteiger partial charge >= 0.3 is 5.97 Å². The number of ketones is 1. The highest BCUT2D eigenvalue weighted by Gasteiger charge is 2.16. The van der Waals surface area contributed by atoms with E-state index in [0.717, 1.165) is 11.1 Å². The van der Waals surface area contributed by atoms with Crippen LogP contribution in [-0.2, 0) is 9.53 Å². The van der Waals surface area contributed by atoms with E-state index in [2.05, 4.69) is 5.32 Å². The van der Waals surface area contributed by atoms with Crippen molar-refractivity contribution < 1.29 is 28.6 Å². The van der Waals surface area contributed by atoms with Gasteiger partial charge in [0, 0.05) is 5.56 Å². The Bertz CT molecular complexity index is 1090. The van der Waals surface area contributed by atoms with Crippen LogP contribution in [0.3, 0.4) is 0 Å². The highest BCUT2D eigenvalue weighted by molar-refractivity contribution is 6.01. The second-order valence-electron chi connectivity index (χ2n) is 6.78. The molecular weight excluding hydrogens is 410 g/mol. The zero-order chi connectivity index (χ0) is 22.9. The van der Waals surface area contributed by atoms with Crippen LogP contribution in [0.25, 0.3) is 11.1 Å². The Balaban J connectivity index is 1.50. The number of ether oxygens (including phenoxy) is 3. The molecule has 0 aliphatic heterocycles. The molecule has 0 bridgehead atoms. The number of benzene rings is 3. The summed E-state index contributed by atoms with van der Waals surface area (Å²) in [6.45, 7) is -0.841. The molecule has 0 heterocycles. The lowest BCUT2D eigenvalue weighted by molar-refractivity contribution is -0.141. The minimum atomic E-state index is -0.727. The topological polar surface area (TPSA) is 90.9 Å². The van der Waals surface area contributed by atoms with Crippen molar-refractivity contribution in [1.29, 1.82) is 0 Å². The quantitative estimate of drug-likeness (QED) is 0.410. The number of amides is 1. The van der Waals surface area contributed by atoms with Crippen LogP contribution < -0.4 is 14.8 Å². The number of Topliss-reactive ketones (excluding diaryl/α,β-unsaturated/α-hetero) is 1. The lowest BCUT2D eigenvalue weighted by Gasteiger charge is -2.10. The Hall–Kier alpha value is -4.13. The van der Waals surface area contributed by atoms with Crippen LogP contribution in [0.1, 0.15) is 20.7 Å². The molecular formula is C25H23NO6. The standard InChI is InChI=1S/C25H23NO6/c1-30-20-12-13-23(31-2)21(14-20)22(27)16-32-24(28)15-26-25(29)19-10-8-18(9-11-19)17-6-4-3-5-7-17/h3-14H,15-16H2,1-2H3,(H,26,29). The predicted octanol–water partition coefficient (Wildman–Crippen LogP) is 3.53. The smallest absolute Gasteiger partial charge is 0.325 e. The first kappa shape index (κ1) is 22.6. The third-order valence-electron chi connectivity index (χ3n) is 4.72. The molecule has 0 aliphatic carbocycles. The van der Waals surface area contributed by atoms with E-state index in [0.29, 0.717) is 17.1 Å². The number of hydrogen-bond acceptors (Lipinski definition) is 6. The van der Waals surface area contributed by atoms with E-state index in [-0.39, 0.29) is 12.1 Å². The van der Waals surface area contributed by atoms with Crippen molar-refractivity contribution in [3.8, 4) is 22.6 Å². The second-order valence-corrected chi connectivity index (χ2v) is 6.78. The molecule has 0 aromatic heterocycles. The van der Waals surface area contributed by atoms with Crippen molar-refractivity contribution in [1.82, 2.24) is 5.32 Å². The molecule has 0 unspecified atom stereocenters. The summed E-state index contributed by atoms with van der Waals surface area (Å²) < 4.78 is 15.3. The first-order chi connectivity index (χ1) is 15.5. The number of nitrogens with one attached hydrogen (secondary N) is 1. The highest BCUT2D eigenvalue weighted by atomic mass is 16.5. The minimum Gasteiger partial charge on any atom is -0.497 e. The summed E-state index contributed by atoms with van der Waals surface area (Å²) >= 11 is 0. The lowest BCUT2D eigenvalue weighted by atomic mass is 10.0. The molecule has 7 nitrogen and oxygen atoms in total. The van der Waals surface area contributed by atoms with Crippen LogP contribution in [0.4, 0.5) is 0 Å². The normalized spacial score (nSPS) is 10.2. The summed E-state index contributed by atoms with van der Waals surface area (Å²) in [5, 5.41) is 2.49. The van der Waals surface area contributed by atoms with Gasteiger partial charge in [-0.15, -0.1) is 0 Å². The lowest BCUT2D eigenvalue weighted by Crippen LogP contribution is -2.31. The number of hydrogen-bond donors (Lipinski definition) is 1. The van der Waals surface area contributed by atoms with Gasteiger partial charge in [0.2, 0.25) is 5.78 Å². The van der Waals surface area contributed by atoms with Gasteiger partial charge < -0.3 is 19.5 Å². The van der Waals surface area contributed by atoms with Gasteiger partial charge in [-0.3, -0.25) is 14.4 Å². The summed E-state index contributed by atoms with van der Waals surface area (Å²) in [7, 11) is 2.92. The maximum absolute atomic E-state index is 12.4. The molecule has 3 rings (SSSR count). The zero-order valence-corrected chi connectivity index (χ0v) is 17.8. The maximum Gasteiger partial charge on any atom is 0.325 e. The SMILES string of the molecule is COc1ccc(OC)c(C(=O)COC(=O)CNC(=O)c2ccc(-c3ccccc3)cc2)c1. The fourth-order valence-electron chi connectivity index (χ4n) is 3.01. The van der Waals surface area contributed by atoms with Crippen LogP contribution in [0.15, 0.2) is 72.8 Å². The Labute approximate surface area is 185 Å². The summed E-state index contributed by atoms with van der Waals surface area (Å²) in [5.74, 6) is -0.765. The summed E-state index contributed by atoms with van der Waals surface area (Å²) in [6.07, 6.45) is 0. The van der Waals surface area contributed by atoms with Gasteiger partial charge in [0.1, 0.15) is 18.0 Å². The van der Waals surface area contributed by atoms with Gasteiger partial charge in [0.05, 0.1) is 19.8 Å². The highest BCUT2D eigenvalue weighted by Crippen LogP contribution is 2.24. The zero-order valence-electron chi connectivity index (χ0n) is 17.8. The molecule has 3 aromatic carbocycles. The average Bonchev–Trinajstić information content (AvgIpc) is 2.85. The van der Waals surface area contributed by atoms with Crippen molar-refractivity contribution in [3.63, 3.8) is 0 Å². The van der Waals surface area contributed by atoms with Crippen molar-refractivity contribution in [2.75, 3.05) is 27.4 Å². The number of rotatable bonds is 9. The Morgan fingerprint density at radius 3 is 2.16 bits per heavy atom. The monoisotopic (exact) mass is 433 g/mol. The average molecular weight is 433 g/mol. The number of carbonyl (C=O) groups is 3. The largest absolute Gasteiger partial charge is 0.497 e. The van der Waals surface area contributed by atoms with Crippen LogP contribution in [0.2, 0.25) is 0 Å². The Kier molecular flexibility index (Phi) is 7.59. The van der Waals surface area contributed by atoms with E-state index in [9.17, 15) is 14.4 Å². The predicted molar refractivity (Wildman–Crippen MR) is 119 cm³/mol. The Morgan fingerprint density at radius 2 is 1.50 bits per heavy atom. The number of esters is 1. The van der Waals surface area contributed by atoms with Crippen LogP contribution >= 0.6 is 0 Å². The van der Waals surface area contributed by atoms with Crippen LogP contribution in [0.5, 0.6) is 11.5 Å². The molecule has 1 N–H and O–H groups in total. The molecule has 0 fully saturated rings. The van der Waals surface area contributed by atoms with Crippen molar-refractivity contribution >= 4 is 17.7 Å². The molecule has 0 spiro atoms. The third-order valence-corrected chi connectivity index (χ3v) is 4.72. The molecule has 1 amide bonds. The van der Waals surface area contributed by atoms with E-state index in [4.69, 9.17) is 14.2 Å². The molecule has 164 valence electrons. The first-order valence-electron chi connectivity index (χ1n) is 9.86.